The molecule has 0 spiro atoms. The van der Waals surface area contributed by atoms with E-state index in [-0.39, 0.29) is 17.9 Å². The Kier molecular flexibility index (Phi) is 4.76. The molecule has 1 aliphatic carbocycles. The summed E-state index contributed by atoms with van der Waals surface area (Å²) in [7, 11) is 0. The second-order valence-corrected chi connectivity index (χ2v) is 7.20. The predicted molar refractivity (Wildman–Crippen MR) is 79.7 cm³/mol. The zero-order valence-electron chi connectivity index (χ0n) is 13.2. The zero-order valence-corrected chi connectivity index (χ0v) is 13.2. The summed E-state index contributed by atoms with van der Waals surface area (Å²) in [5, 5.41) is 3.56. The van der Waals surface area contributed by atoms with Crippen molar-refractivity contribution >= 4 is 12.0 Å². The molecule has 0 unspecified atom stereocenters. The summed E-state index contributed by atoms with van der Waals surface area (Å²) in [5.41, 5.74) is 4.89. The Balaban J connectivity index is 1.65. The Morgan fingerprint density at radius 1 is 1.10 bits per heavy atom. The molecule has 0 aromatic heterocycles. The molecule has 2 fully saturated rings. The highest BCUT2D eigenvalue weighted by molar-refractivity contribution is 5.76. The number of rotatable bonds is 3. The van der Waals surface area contributed by atoms with Crippen molar-refractivity contribution in [1.82, 2.24) is 10.2 Å². The normalized spacial score (nSPS) is 27.1. The van der Waals surface area contributed by atoms with Crippen molar-refractivity contribution in [1.29, 1.82) is 0 Å². The quantitative estimate of drug-likeness (QED) is 0.821. The van der Waals surface area contributed by atoms with Crippen molar-refractivity contribution in [3.8, 4) is 0 Å². The molecule has 2 rings (SSSR count). The van der Waals surface area contributed by atoms with Crippen LogP contribution < -0.4 is 11.1 Å². The third-order valence-electron chi connectivity index (χ3n) is 4.13. The number of nitrogens with zero attached hydrogens (tertiary/aromatic N) is 1. The van der Waals surface area contributed by atoms with E-state index in [1.54, 1.807) is 4.90 Å². The van der Waals surface area contributed by atoms with Gasteiger partial charge in [-0.3, -0.25) is 4.79 Å². The monoisotopic (exact) mass is 297 g/mol. The van der Waals surface area contributed by atoms with Gasteiger partial charge >= 0.3 is 6.09 Å². The molecule has 21 heavy (non-hydrogen) atoms. The Morgan fingerprint density at radius 2 is 1.67 bits per heavy atom. The number of nitrogens with one attached hydrogen (secondary N) is 1. The molecule has 1 saturated carbocycles. The fraction of sp³-hybridized carbons (Fsp3) is 0.867. The predicted octanol–water partition coefficient (Wildman–Crippen LogP) is 1.24. The van der Waals surface area contributed by atoms with E-state index >= 15 is 0 Å². The maximum Gasteiger partial charge on any atom is 0.410 e. The summed E-state index contributed by atoms with van der Waals surface area (Å²) >= 11 is 0. The van der Waals surface area contributed by atoms with Crippen molar-refractivity contribution in [2.24, 2.45) is 11.7 Å². The Bertz CT molecular complexity index is 391. The molecule has 0 bridgehead atoms. The second-order valence-electron chi connectivity index (χ2n) is 7.20. The molecule has 1 saturated heterocycles. The number of amides is 2. The lowest BCUT2D eigenvalue weighted by molar-refractivity contribution is -0.122. The van der Waals surface area contributed by atoms with Crippen LogP contribution in [0.1, 0.15) is 46.5 Å². The van der Waals surface area contributed by atoms with E-state index in [1.807, 2.05) is 20.8 Å². The minimum absolute atomic E-state index is 0.0442. The van der Waals surface area contributed by atoms with E-state index in [9.17, 15) is 9.59 Å². The fourth-order valence-electron chi connectivity index (χ4n) is 2.94. The number of carbonyl (C=O) groups is 2. The van der Waals surface area contributed by atoms with Gasteiger partial charge in [0.15, 0.2) is 0 Å². The largest absolute Gasteiger partial charge is 0.444 e. The van der Waals surface area contributed by atoms with E-state index in [0.717, 1.165) is 25.7 Å². The first-order valence-electron chi connectivity index (χ1n) is 7.78. The van der Waals surface area contributed by atoms with Crippen LogP contribution >= 0.6 is 0 Å². The topological polar surface area (TPSA) is 84.7 Å². The van der Waals surface area contributed by atoms with Crippen molar-refractivity contribution in [2.45, 2.75) is 64.1 Å². The van der Waals surface area contributed by atoms with E-state index < -0.39 is 5.60 Å². The number of carbonyl (C=O) groups excluding carboxylic acids is 2. The van der Waals surface area contributed by atoms with Crippen molar-refractivity contribution in [3.63, 3.8) is 0 Å². The number of ether oxygens (including phenoxy) is 1. The third kappa shape index (κ3) is 4.59. The zero-order chi connectivity index (χ0) is 15.6. The van der Waals surface area contributed by atoms with Crippen molar-refractivity contribution in [3.05, 3.63) is 0 Å². The van der Waals surface area contributed by atoms with Crippen LogP contribution in [-0.4, -0.2) is 47.7 Å². The summed E-state index contributed by atoms with van der Waals surface area (Å²) in [6.07, 6.45) is 3.47. The van der Waals surface area contributed by atoms with Gasteiger partial charge in [0.2, 0.25) is 5.91 Å². The van der Waals surface area contributed by atoms with E-state index in [2.05, 4.69) is 5.32 Å². The number of likely N-dealkylation sites (tertiary alicyclic amines) is 1. The second kappa shape index (κ2) is 6.22. The van der Waals surface area contributed by atoms with Crippen LogP contribution in [-0.2, 0) is 9.53 Å². The minimum atomic E-state index is -0.442. The molecule has 0 aromatic carbocycles. The van der Waals surface area contributed by atoms with Gasteiger partial charge in [0.25, 0.3) is 0 Å². The molecule has 6 nitrogen and oxygen atoms in total. The first kappa shape index (κ1) is 16.1. The molecule has 2 aliphatic rings. The summed E-state index contributed by atoms with van der Waals surface area (Å²) in [6, 6.07) is 0.777. The van der Waals surface area contributed by atoms with E-state index in [1.165, 1.54) is 0 Å². The van der Waals surface area contributed by atoms with Crippen LogP contribution in [0.4, 0.5) is 4.79 Å². The van der Waals surface area contributed by atoms with E-state index in [0.29, 0.717) is 25.2 Å². The molecule has 2 amide bonds. The Hall–Kier alpha value is -1.30. The molecular formula is C15H27N3O3. The molecule has 120 valence electrons. The average molecular weight is 297 g/mol. The van der Waals surface area contributed by atoms with Crippen LogP contribution in [0.25, 0.3) is 0 Å². The maximum absolute atomic E-state index is 11.8. The fourth-order valence-corrected chi connectivity index (χ4v) is 2.94. The molecule has 0 aromatic rings. The lowest BCUT2D eigenvalue weighted by Crippen LogP contribution is -2.62. The lowest BCUT2D eigenvalue weighted by Gasteiger charge is -2.42. The average Bonchev–Trinajstić information content (AvgIpc) is 2.31. The summed E-state index contributed by atoms with van der Waals surface area (Å²) in [5.74, 6) is -0.129. The summed E-state index contributed by atoms with van der Waals surface area (Å²) in [4.78, 5) is 24.7. The Morgan fingerprint density at radius 3 is 2.14 bits per heavy atom. The summed E-state index contributed by atoms with van der Waals surface area (Å²) in [6.45, 7) is 7.02. The lowest BCUT2D eigenvalue weighted by atomic mass is 9.85. The number of hydrogen-bond donors (Lipinski definition) is 2. The molecule has 1 aliphatic heterocycles. The van der Waals surface area contributed by atoms with Crippen molar-refractivity contribution in [2.75, 3.05) is 13.1 Å². The highest BCUT2D eigenvalue weighted by Gasteiger charge is 2.35. The van der Waals surface area contributed by atoms with E-state index in [4.69, 9.17) is 10.5 Å². The number of nitrogens with two attached hydrogens (primary N) is 1. The van der Waals surface area contributed by atoms with Gasteiger partial charge in [-0.05, 0) is 46.5 Å². The van der Waals surface area contributed by atoms with Crippen LogP contribution in [0.5, 0.6) is 0 Å². The van der Waals surface area contributed by atoms with Crippen LogP contribution in [0, 0.1) is 5.92 Å². The number of hydrogen-bond acceptors (Lipinski definition) is 4. The molecule has 1 heterocycles. The minimum Gasteiger partial charge on any atom is -0.444 e. The molecule has 0 atom stereocenters. The Labute approximate surface area is 126 Å². The third-order valence-corrected chi connectivity index (χ3v) is 4.13. The van der Waals surface area contributed by atoms with Gasteiger partial charge in [0.05, 0.1) is 0 Å². The van der Waals surface area contributed by atoms with Crippen molar-refractivity contribution < 1.29 is 14.3 Å². The van der Waals surface area contributed by atoms with Crippen LogP contribution in [0.3, 0.4) is 0 Å². The molecule has 0 radical (unpaired) electrons. The number of primary amides is 1. The smallest absolute Gasteiger partial charge is 0.410 e. The summed E-state index contributed by atoms with van der Waals surface area (Å²) < 4.78 is 5.33. The van der Waals surface area contributed by atoms with Gasteiger partial charge in [0, 0.05) is 31.1 Å². The SMILES string of the molecule is CC(C)(C)OC(=O)N1CC(NC2CCC(C(N)=O)CC2)C1. The molecular weight excluding hydrogens is 270 g/mol. The standard InChI is InChI=1S/C15H27N3O3/c1-15(2,3)21-14(20)18-8-12(9-18)17-11-6-4-10(5-7-11)13(16)19/h10-12,17H,4-9H2,1-3H3,(H2,16,19). The van der Waals surface area contributed by atoms with Crippen LogP contribution in [0.2, 0.25) is 0 Å². The van der Waals surface area contributed by atoms with Gasteiger partial charge in [0.1, 0.15) is 5.60 Å². The van der Waals surface area contributed by atoms with Gasteiger partial charge in [-0.1, -0.05) is 0 Å². The molecule has 6 heteroatoms. The first-order valence-corrected chi connectivity index (χ1v) is 7.78. The van der Waals surface area contributed by atoms with Gasteiger partial charge in [-0.15, -0.1) is 0 Å². The van der Waals surface area contributed by atoms with Gasteiger partial charge in [-0.25, -0.2) is 4.79 Å². The maximum atomic E-state index is 11.8. The van der Waals surface area contributed by atoms with Crippen LogP contribution in [0.15, 0.2) is 0 Å². The first-order chi connectivity index (χ1) is 9.74. The molecule has 3 N–H and O–H groups in total. The highest BCUT2D eigenvalue weighted by Crippen LogP contribution is 2.25. The van der Waals surface area contributed by atoms with Gasteiger partial charge in [-0.2, -0.15) is 0 Å². The van der Waals surface area contributed by atoms with Gasteiger partial charge < -0.3 is 20.7 Å². The highest BCUT2D eigenvalue weighted by atomic mass is 16.6.